The highest BCUT2D eigenvalue weighted by molar-refractivity contribution is 14.1. The number of nitrogens with zero attached hydrogens (tertiary/aromatic N) is 1. The van der Waals surface area contributed by atoms with Crippen LogP contribution in [0.1, 0.15) is 31.3 Å². The first-order valence-corrected chi connectivity index (χ1v) is 6.21. The van der Waals surface area contributed by atoms with Gasteiger partial charge in [-0.2, -0.15) is 0 Å². The Hall–Kier alpha value is -0.170. The summed E-state index contributed by atoms with van der Waals surface area (Å²) in [6.45, 7) is 5.47. The van der Waals surface area contributed by atoms with Crippen molar-refractivity contribution in [1.82, 2.24) is 4.98 Å². The zero-order valence-electron chi connectivity index (χ0n) is 8.67. The highest BCUT2D eigenvalue weighted by Crippen LogP contribution is 2.20. The quantitative estimate of drug-likeness (QED) is 0.551. The fourth-order valence-corrected chi connectivity index (χ4v) is 2.28. The molecule has 0 aliphatic carbocycles. The van der Waals surface area contributed by atoms with Gasteiger partial charge < -0.3 is 4.74 Å². The number of carbonyl (C=O) groups excluding carboxylic acids is 1. The lowest BCUT2D eigenvalue weighted by molar-refractivity contribution is 0.00617. The maximum atomic E-state index is 11.7. The Balaban J connectivity index is 2.92. The molecule has 0 spiro atoms. The van der Waals surface area contributed by atoms with Gasteiger partial charge in [-0.15, -0.1) is 0 Å². The Morgan fingerprint density at radius 3 is 2.60 bits per heavy atom. The molecule has 0 saturated carbocycles. The van der Waals surface area contributed by atoms with E-state index >= 15 is 0 Å². The third kappa shape index (κ3) is 4.06. The first-order valence-electron chi connectivity index (χ1n) is 4.34. The van der Waals surface area contributed by atoms with Gasteiger partial charge in [0.1, 0.15) is 5.60 Å². The molecule has 3 nitrogen and oxygen atoms in total. The topological polar surface area (TPSA) is 39.2 Å². The van der Waals surface area contributed by atoms with Gasteiger partial charge in [-0.1, -0.05) is 0 Å². The molecule has 0 fully saturated rings. The number of carbonyl (C=O) groups is 1. The summed E-state index contributed by atoms with van der Waals surface area (Å²) in [6.07, 6.45) is 1.63. The molecule has 0 atom stereocenters. The second-order valence-corrected chi connectivity index (χ2v) is 6.09. The molecule has 0 unspecified atom stereocenters. The van der Waals surface area contributed by atoms with Crippen molar-refractivity contribution >= 4 is 44.5 Å². The van der Waals surface area contributed by atoms with Crippen LogP contribution in [0.2, 0.25) is 0 Å². The van der Waals surface area contributed by atoms with Crippen molar-refractivity contribution < 1.29 is 9.53 Å². The Morgan fingerprint density at radius 2 is 2.13 bits per heavy atom. The summed E-state index contributed by atoms with van der Waals surface area (Å²) in [5.74, 6) is -0.411. The molecule has 0 aromatic carbocycles. The van der Waals surface area contributed by atoms with Gasteiger partial charge in [-0.05, 0) is 65.4 Å². The Morgan fingerprint density at radius 1 is 1.53 bits per heavy atom. The standard InChI is InChI=1S/C10H11BrINO2/c1-10(2,3)15-9(14)8-7(11)4-6(12)5-13-8/h4-5H,1-3H3. The van der Waals surface area contributed by atoms with Gasteiger partial charge in [0.05, 0.1) is 4.47 Å². The molecule has 1 heterocycles. The smallest absolute Gasteiger partial charge is 0.358 e. The van der Waals surface area contributed by atoms with Gasteiger partial charge in [0.25, 0.3) is 0 Å². The fraction of sp³-hybridized carbons (Fsp3) is 0.400. The van der Waals surface area contributed by atoms with Crippen molar-refractivity contribution in [2.75, 3.05) is 0 Å². The van der Waals surface area contributed by atoms with Crippen LogP contribution >= 0.6 is 38.5 Å². The minimum atomic E-state index is -0.499. The van der Waals surface area contributed by atoms with Crippen molar-refractivity contribution in [2.45, 2.75) is 26.4 Å². The van der Waals surface area contributed by atoms with Crippen LogP contribution in [-0.2, 0) is 4.74 Å². The van der Waals surface area contributed by atoms with Gasteiger partial charge in [0.2, 0.25) is 0 Å². The highest BCUT2D eigenvalue weighted by atomic mass is 127. The second kappa shape index (κ2) is 4.78. The number of hydrogen-bond acceptors (Lipinski definition) is 3. The highest BCUT2D eigenvalue weighted by Gasteiger charge is 2.20. The molecule has 0 bridgehead atoms. The minimum absolute atomic E-state index is 0.311. The van der Waals surface area contributed by atoms with E-state index < -0.39 is 11.6 Å². The first-order chi connectivity index (χ1) is 6.79. The molecule has 5 heteroatoms. The summed E-state index contributed by atoms with van der Waals surface area (Å²) < 4.78 is 6.83. The lowest BCUT2D eigenvalue weighted by atomic mass is 10.2. The zero-order chi connectivity index (χ0) is 11.6. The van der Waals surface area contributed by atoms with E-state index in [1.165, 1.54) is 0 Å². The van der Waals surface area contributed by atoms with E-state index in [9.17, 15) is 4.79 Å². The average molecular weight is 384 g/mol. The van der Waals surface area contributed by atoms with Gasteiger partial charge >= 0.3 is 5.97 Å². The molecule has 0 amide bonds. The van der Waals surface area contributed by atoms with E-state index in [0.717, 1.165) is 3.57 Å². The molecule has 1 rings (SSSR count). The summed E-state index contributed by atoms with van der Waals surface area (Å²) in [7, 11) is 0. The predicted molar refractivity (Wildman–Crippen MR) is 69.8 cm³/mol. The molecule has 1 aromatic heterocycles. The molecule has 0 aliphatic heterocycles. The van der Waals surface area contributed by atoms with Crippen LogP contribution in [0.5, 0.6) is 0 Å². The zero-order valence-corrected chi connectivity index (χ0v) is 12.4. The van der Waals surface area contributed by atoms with Crippen molar-refractivity contribution in [1.29, 1.82) is 0 Å². The maximum absolute atomic E-state index is 11.7. The van der Waals surface area contributed by atoms with Crippen molar-refractivity contribution in [3.63, 3.8) is 0 Å². The molecule has 15 heavy (non-hydrogen) atoms. The summed E-state index contributed by atoms with van der Waals surface area (Å²) >= 11 is 5.42. The van der Waals surface area contributed by atoms with Gasteiger partial charge in [-0.25, -0.2) is 9.78 Å². The first kappa shape index (κ1) is 12.9. The van der Waals surface area contributed by atoms with Gasteiger partial charge in [0, 0.05) is 9.77 Å². The van der Waals surface area contributed by atoms with Crippen LogP contribution in [-0.4, -0.2) is 16.6 Å². The molecule has 0 radical (unpaired) electrons. The molecule has 1 aromatic rings. The normalized spacial score (nSPS) is 11.3. The molecule has 82 valence electrons. The number of rotatable bonds is 1. The number of hydrogen-bond donors (Lipinski definition) is 0. The van der Waals surface area contributed by atoms with E-state index in [2.05, 4.69) is 43.5 Å². The van der Waals surface area contributed by atoms with E-state index in [1.54, 1.807) is 6.20 Å². The largest absolute Gasteiger partial charge is 0.455 e. The average Bonchev–Trinajstić information content (AvgIpc) is 1.99. The SMILES string of the molecule is CC(C)(C)OC(=O)c1ncc(I)cc1Br. The Labute approximate surface area is 111 Å². The monoisotopic (exact) mass is 383 g/mol. The predicted octanol–water partition coefficient (Wildman–Crippen LogP) is 3.40. The molecule has 0 N–H and O–H groups in total. The molecular formula is C10H11BrINO2. The number of aromatic nitrogens is 1. The summed E-state index contributed by atoms with van der Waals surface area (Å²) in [4.78, 5) is 15.7. The molecule has 0 aliphatic rings. The summed E-state index contributed by atoms with van der Waals surface area (Å²) in [5.41, 5.74) is -0.188. The van der Waals surface area contributed by atoms with E-state index in [4.69, 9.17) is 4.74 Å². The molecular weight excluding hydrogens is 373 g/mol. The number of pyridine rings is 1. The van der Waals surface area contributed by atoms with Gasteiger partial charge in [0.15, 0.2) is 5.69 Å². The van der Waals surface area contributed by atoms with Crippen LogP contribution < -0.4 is 0 Å². The van der Waals surface area contributed by atoms with E-state index in [-0.39, 0.29) is 0 Å². The minimum Gasteiger partial charge on any atom is -0.455 e. The summed E-state index contributed by atoms with van der Waals surface area (Å²) in [6, 6.07) is 1.83. The van der Waals surface area contributed by atoms with E-state index in [0.29, 0.717) is 10.2 Å². The van der Waals surface area contributed by atoms with Crippen molar-refractivity contribution in [2.24, 2.45) is 0 Å². The third-order valence-electron chi connectivity index (χ3n) is 1.40. The Kier molecular flexibility index (Phi) is 4.11. The number of halogens is 2. The van der Waals surface area contributed by atoms with Gasteiger partial charge in [-0.3, -0.25) is 0 Å². The molecule has 0 saturated heterocycles. The van der Waals surface area contributed by atoms with Crippen molar-refractivity contribution in [3.05, 3.63) is 26.0 Å². The van der Waals surface area contributed by atoms with Crippen LogP contribution in [0.15, 0.2) is 16.7 Å². The number of ether oxygens (including phenoxy) is 1. The van der Waals surface area contributed by atoms with Crippen molar-refractivity contribution in [3.8, 4) is 0 Å². The third-order valence-corrected chi connectivity index (χ3v) is 2.59. The fourth-order valence-electron chi connectivity index (χ4n) is 0.891. The van der Waals surface area contributed by atoms with Crippen LogP contribution in [0.25, 0.3) is 0 Å². The van der Waals surface area contributed by atoms with E-state index in [1.807, 2.05) is 26.8 Å². The lowest BCUT2D eigenvalue weighted by Gasteiger charge is -2.19. The van der Waals surface area contributed by atoms with Crippen LogP contribution in [0.3, 0.4) is 0 Å². The number of esters is 1. The Bertz CT molecular complexity index is 387. The van der Waals surface area contributed by atoms with Crippen LogP contribution in [0.4, 0.5) is 0 Å². The lowest BCUT2D eigenvalue weighted by Crippen LogP contribution is -2.24. The van der Waals surface area contributed by atoms with Crippen LogP contribution in [0, 0.1) is 3.57 Å². The maximum Gasteiger partial charge on any atom is 0.358 e. The second-order valence-electron chi connectivity index (χ2n) is 3.99. The summed E-state index contributed by atoms with van der Waals surface area (Å²) in [5, 5.41) is 0.